The third kappa shape index (κ3) is 20.7. The molecule has 54 heavy (non-hydrogen) atoms. The topological polar surface area (TPSA) is 203 Å². The van der Waals surface area contributed by atoms with E-state index in [-0.39, 0.29) is 87.8 Å². The van der Waals surface area contributed by atoms with E-state index in [2.05, 4.69) is 33.5 Å². The van der Waals surface area contributed by atoms with Gasteiger partial charge in [-0.3, -0.25) is 28.8 Å². The molecular weight excluding hydrogens is 692 g/mol. The second-order valence-electron chi connectivity index (χ2n) is 14.0. The summed E-state index contributed by atoms with van der Waals surface area (Å²) in [5.41, 5.74) is 0.766. The molecule has 0 bridgehead atoms. The number of carboxylic acids is 1. The fraction of sp³-hybridized carbons (Fsp3) is 0.675. The fourth-order valence-corrected chi connectivity index (χ4v) is 6.36. The normalized spacial score (nSPS) is 14.2. The van der Waals surface area contributed by atoms with Gasteiger partial charge in [0.1, 0.15) is 12.1 Å². The molecule has 0 radical (unpaired) electrons. The van der Waals surface area contributed by atoms with Crippen molar-refractivity contribution in [2.75, 3.05) is 32.7 Å². The zero-order valence-electron chi connectivity index (χ0n) is 32.3. The molecule has 1 aliphatic rings. The molecule has 14 nitrogen and oxygen atoms in total. The second kappa shape index (κ2) is 28.0. The molecule has 0 saturated carbocycles. The van der Waals surface area contributed by atoms with Crippen LogP contribution in [0, 0.1) is 0 Å². The lowest BCUT2D eigenvalue weighted by molar-refractivity contribution is -0.143. The van der Waals surface area contributed by atoms with Crippen LogP contribution in [0.5, 0.6) is 0 Å². The predicted molar refractivity (Wildman–Crippen MR) is 206 cm³/mol. The van der Waals surface area contributed by atoms with Crippen molar-refractivity contribution in [1.82, 2.24) is 31.5 Å². The molecule has 0 spiro atoms. The number of carbonyl (C=O) groups is 7. The van der Waals surface area contributed by atoms with Crippen molar-refractivity contribution in [3.05, 3.63) is 35.9 Å². The highest BCUT2D eigenvalue weighted by atomic mass is 16.4. The Hall–Kier alpha value is -4.49. The molecule has 0 aliphatic carbocycles. The highest BCUT2D eigenvalue weighted by molar-refractivity contribution is 5.91. The van der Waals surface area contributed by atoms with Gasteiger partial charge in [-0.15, -0.1) is 0 Å². The van der Waals surface area contributed by atoms with Gasteiger partial charge in [-0.05, 0) is 24.8 Å². The molecule has 302 valence electrons. The molecule has 6 N–H and O–H groups in total. The van der Waals surface area contributed by atoms with Gasteiger partial charge in [0.15, 0.2) is 0 Å². The van der Waals surface area contributed by atoms with E-state index >= 15 is 0 Å². The van der Waals surface area contributed by atoms with Crippen LogP contribution in [0.2, 0.25) is 0 Å². The summed E-state index contributed by atoms with van der Waals surface area (Å²) in [5.74, 6) is -3.00. The fourth-order valence-electron chi connectivity index (χ4n) is 6.36. The van der Waals surface area contributed by atoms with Gasteiger partial charge >= 0.3 is 5.97 Å². The molecule has 0 aromatic heterocycles. The molecule has 1 aromatic rings. The number of benzene rings is 1. The van der Waals surface area contributed by atoms with Gasteiger partial charge < -0.3 is 36.6 Å². The van der Waals surface area contributed by atoms with Gasteiger partial charge in [0.2, 0.25) is 35.4 Å². The maximum absolute atomic E-state index is 13.0. The van der Waals surface area contributed by atoms with Gasteiger partial charge in [0, 0.05) is 71.2 Å². The number of carboxylic acid groups (broad SMARTS) is 1. The minimum Gasteiger partial charge on any atom is -0.480 e. The number of carbonyl (C=O) groups excluding carboxylic acids is 6. The molecule has 1 aliphatic heterocycles. The van der Waals surface area contributed by atoms with Crippen LogP contribution in [-0.2, 0) is 40.0 Å². The van der Waals surface area contributed by atoms with E-state index < -0.39 is 24.0 Å². The van der Waals surface area contributed by atoms with Crippen molar-refractivity contribution >= 4 is 41.4 Å². The summed E-state index contributed by atoms with van der Waals surface area (Å²) >= 11 is 0. The number of hydrogen-bond acceptors (Lipinski definition) is 7. The molecule has 1 saturated heterocycles. The minimum atomic E-state index is -1.16. The summed E-state index contributed by atoms with van der Waals surface area (Å²) in [6.45, 7) is 3.10. The Morgan fingerprint density at radius 3 is 1.61 bits per heavy atom. The molecule has 2 atom stereocenters. The number of hydrogen-bond donors (Lipinski definition) is 6. The van der Waals surface area contributed by atoms with Crippen LogP contribution in [0.1, 0.15) is 128 Å². The number of unbranched alkanes of at least 4 members (excludes halogenated alkanes) is 10. The highest BCUT2D eigenvalue weighted by Crippen LogP contribution is 2.19. The summed E-state index contributed by atoms with van der Waals surface area (Å²) in [5, 5.41) is 22.9. The maximum atomic E-state index is 13.0. The van der Waals surface area contributed by atoms with Crippen molar-refractivity contribution in [2.24, 2.45) is 0 Å². The lowest BCUT2D eigenvalue weighted by atomic mass is 10.1. The monoisotopic (exact) mass is 756 g/mol. The molecule has 14 heteroatoms. The van der Waals surface area contributed by atoms with E-state index in [0.717, 1.165) is 24.8 Å². The first-order valence-electron chi connectivity index (χ1n) is 20.0. The Kier molecular flexibility index (Phi) is 23.7. The summed E-state index contributed by atoms with van der Waals surface area (Å²) in [7, 11) is 0. The van der Waals surface area contributed by atoms with E-state index in [9.17, 15) is 38.7 Å². The highest BCUT2D eigenvalue weighted by Gasteiger charge is 2.35. The summed E-state index contributed by atoms with van der Waals surface area (Å²) < 4.78 is 0. The number of aliphatic carboxylic acids is 1. The Morgan fingerprint density at radius 2 is 1.11 bits per heavy atom. The van der Waals surface area contributed by atoms with Gasteiger partial charge in [-0.25, -0.2) is 4.79 Å². The summed E-state index contributed by atoms with van der Waals surface area (Å²) in [6, 6.07) is 7.06. The van der Waals surface area contributed by atoms with Crippen molar-refractivity contribution in [3.8, 4) is 0 Å². The van der Waals surface area contributed by atoms with Crippen molar-refractivity contribution < 1.29 is 38.7 Å². The smallest absolute Gasteiger partial charge is 0.326 e. The second-order valence-corrected chi connectivity index (χ2v) is 14.0. The summed E-state index contributed by atoms with van der Waals surface area (Å²) in [6.07, 6.45) is 15.2. The standard InChI is InChI=1S/C40H64N6O8/c1-2-3-4-5-6-7-8-9-10-11-15-20-34(47)41-25-21-35(48)42-26-22-36(49)43-27-23-37(50)44-28-24-38(51)46-29-16-19-33(46)39(52)45-32(40(53)54)30-31-17-13-12-14-18-31/h12-14,17-18,32-33H,2-11,15-16,19-30H2,1H3,(H,41,47)(H,42,48)(H,43,49)(H,44,50)(H,45,52)(H,53,54). The van der Waals surface area contributed by atoms with E-state index in [0.29, 0.717) is 25.8 Å². The van der Waals surface area contributed by atoms with Gasteiger partial charge in [-0.1, -0.05) is 101 Å². The molecule has 6 amide bonds. The van der Waals surface area contributed by atoms with E-state index in [1.807, 2.05) is 6.07 Å². The first-order valence-corrected chi connectivity index (χ1v) is 20.0. The largest absolute Gasteiger partial charge is 0.480 e. The average molecular weight is 757 g/mol. The minimum absolute atomic E-state index is 0.00207. The van der Waals surface area contributed by atoms with Crippen molar-refractivity contribution in [3.63, 3.8) is 0 Å². The molecule has 1 fully saturated rings. The number of rotatable bonds is 29. The molecule has 1 aromatic carbocycles. The maximum Gasteiger partial charge on any atom is 0.326 e. The van der Waals surface area contributed by atoms with Crippen LogP contribution in [-0.4, -0.2) is 96.2 Å². The first-order chi connectivity index (χ1) is 26.1. The van der Waals surface area contributed by atoms with Crippen LogP contribution in [0.4, 0.5) is 0 Å². The van der Waals surface area contributed by atoms with Gasteiger partial charge in [0.05, 0.1) is 0 Å². The zero-order chi connectivity index (χ0) is 39.4. The molecule has 1 heterocycles. The number of likely N-dealkylation sites (tertiary alicyclic amines) is 1. The number of nitrogens with one attached hydrogen (secondary N) is 5. The van der Waals surface area contributed by atoms with Gasteiger partial charge in [0.25, 0.3) is 0 Å². The van der Waals surface area contributed by atoms with Gasteiger partial charge in [-0.2, -0.15) is 0 Å². The van der Waals surface area contributed by atoms with Crippen molar-refractivity contribution in [2.45, 2.75) is 141 Å². The van der Waals surface area contributed by atoms with Crippen LogP contribution in [0.25, 0.3) is 0 Å². The Bertz CT molecular complexity index is 1310. The summed E-state index contributed by atoms with van der Waals surface area (Å²) in [4.78, 5) is 87.5. The quantitative estimate of drug-likeness (QED) is 0.0667. The van der Waals surface area contributed by atoms with E-state index in [4.69, 9.17) is 0 Å². The average Bonchev–Trinajstić information content (AvgIpc) is 3.65. The van der Waals surface area contributed by atoms with Crippen LogP contribution in [0.3, 0.4) is 0 Å². The third-order valence-corrected chi connectivity index (χ3v) is 9.46. The third-order valence-electron chi connectivity index (χ3n) is 9.46. The van der Waals surface area contributed by atoms with E-state index in [1.54, 1.807) is 24.3 Å². The van der Waals surface area contributed by atoms with Crippen LogP contribution in [0.15, 0.2) is 30.3 Å². The lowest BCUT2D eigenvalue weighted by Crippen LogP contribution is -2.51. The Balaban J connectivity index is 1.48. The molecule has 2 unspecified atom stereocenters. The molecule has 2 rings (SSSR count). The Morgan fingerprint density at radius 1 is 0.648 bits per heavy atom. The number of nitrogens with zero attached hydrogens (tertiary/aromatic N) is 1. The Labute approximate surface area is 320 Å². The van der Waals surface area contributed by atoms with Crippen LogP contribution < -0.4 is 26.6 Å². The molecular formula is C40H64N6O8. The lowest BCUT2D eigenvalue weighted by Gasteiger charge is -2.25. The number of amides is 6. The predicted octanol–water partition coefficient (Wildman–Crippen LogP) is 3.52. The van der Waals surface area contributed by atoms with Crippen molar-refractivity contribution in [1.29, 1.82) is 0 Å². The van der Waals surface area contributed by atoms with E-state index in [1.165, 1.54) is 56.3 Å². The van der Waals surface area contributed by atoms with Crippen LogP contribution >= 0.6 is 0 Å². The SMILES string of the molecule is CCCCCCCCCCCCCC(=O)NCCC(=O)NCCC(=O)NCCC(=O)NCCC(=O)N1CCCC1C(=O)NC(Cc1ccccc1)C(=O)O. The first kappa shape index (κ1) is 45.7. The zero-order valence-corrected chi connectivity index (χ0v) is 32.3.